The van der Waals surface area contributed by atoms with Gasteiger partial charge < -0.3 is 9.94 Å². The molecular formula is C19H20N2O2. The molecule has 1 unspecified atom stereocenters. The first-order valence-electron chi connectivity index (χ1n) is 7.62. The summed E-state index contributed by atoms with van der Waals surface area (Å²) < 4.78 is 5.79. The maximum atomic E-state index is 9.01. The van der Waals surface area contributed by atoms with Crippen LogP contribution in [0.3, 0.4) is 0 Å². The SMILES string of the molecule is CCC(C)c1ccc(OCc2ccccc2C(C#N)=NO)cc1. The second-order valence-electron chi connectivity index (χ2n) is 5.38. The first kappa shape index (κ1) is 16.6. The molecule has 0 heterocycles. The Kier molecular flexibility index (Phi) is 5.76. The lowest BCUT2D eigenvalue weighted by atomic mass is 9.99. The molecule has 4 heteroatoms. The van der Waals surface area contributed by atoms with E-state index in [9.17, 15) is 0 Å². The minimum absolute atomic E-state index is 0.0173. The van der Waals surface area contributed by atoms with Crippen LogP contribution in [0.4, 0.5) is 0 Å². The van der Waals surface area contributed by atoms with Gasteiger partial charge in [0, 0.05) is 5.56 Å². The summed E-state index contributed by atoms with van der Waals surface area (Å²) in [6.45, 7) is 4.67. The molecule has 23 heavy (non-hydrogen) atoms. The third kappa shape index (κ3) is 4.10. The largest absolute Gasteiger partial charge is 0.489 e. The molecule has 0 spiro atoms. The van der Waals surface area contributed by atoms with Crippen molar-refractivity contribution in [3.63, 3.8) is 0 Å². The topological polar surface area (TPSA) is 65.6 Å². The Labute approximate surface area is 136 Å². The number of nitrogens with zero attached hydrogens (tertiary/aromatic N) is 2. The molecule has 0 saturated carbocycles. The van der Waals surface area contributed by atoms with Crippen LogP contribution >= 0.6 is 0 Å². The summed E-state index contributed by atoms with van der Waals surface area (Å²) in [6, 6.07) is 17.2. The molecule has 0 bridgehead atoms. The first-order valence-corrected chi connectivity index (χ1v) is 7.62. The third-order valence-corrected chi connectivity index (χ3v) is 3.93. The standard InChI is InChI=1S/C19H20N2O2/c1-3-14(2)15-8-10-17(11-9-15)23-13-16-6-4-5-7-18(16)19(12-20)21-22/h4-11,14,22H,3,13H2,1-2H3. The summed E-state index contributed by atoms with van der Waals surface area (Å²) in [7, 11) is 0. The molecule has 0 aromatic heterocycles. The Morgan fingerprint density at radius 3 is 2.52 bits per heavy atom. The predicted molar refractivity (Wildman–Crippen MR) is 89.9 cm³/mol. The fourth-order valence-corrected chi connectivity index (χ4v) is 2.30. The number of rotatable bonds is 6. The van der Waals surface area contributed by atoms with Gasteiger partial charge in [0.25, 0.3) is 0 Å². The lowest BCUT2D eigenvalue weighted by Crippen LogP contribution is -2.05. The average Bonchev–Trinajstić information content (AvgIpc) is 2.61. The molecule has 1 N–H and O–H groups in total. The van der Waals surface area contributed by atoms with Crippen molar-refractivity contribution < 1.29 is 9.94 Å². The quantitative estimate of drug-likeness (QED) is 0.486. The molecule has 2 aromatic rings. The van der Waals surface area contributed by atoms with Gasteiger partial charge in [-0.15, -0.1) is 0 Å². The minimum atomic E-state index is -0.0173. The molecule has 0 aliphatic rings. The number of nitriles is 1. The maximum Gasteiger partial charge on any atom is 0.187 e. The van der Waals surface area contributed by atoms with Gasteiger partial charge in [-0.1, -0.05) is 55.4 Å². The second kappa shape index (κ2) is 8.00. The zero-order chi connectivity index (χ0) is 16.7. The predicted octanol–water partition coefficient (Wildman–Crippen LogP) is 4.48. The number of hydrogen-bond donors (Lipinski definition) is 1. The lowest BCUT2D eigenvalue weighted by Gasteiger charge is -2.12. The minimum Gasteiger partial charge on any atom is -0.489 e. The van der Waals surface area contributed by atoms with Gasteiger partial charge in [-0.2, -0.15) is 5.26 Å². The zero-order valence-electron chi connectivity index (χ0n) is 13.4. The molecule has 0 fully saturated rings. The molecule has 0 saturated heterocycles. The fraction of sp³-hybridized carbons (Fsp3) is 0.263. The monoisotopic (exact) mass is 308 g/mol. The van der Waals surface area contributed by atoms with Crippen molar-refractivity contribution in [2.45, 2.75) is 32.8 Å². The highest BCUT2D eigenvalue weighted by Gasteiger charge is 2.10. The number of hydrogen-bond acceptors (Lipinski definition) is 4. The van der Waals surface area contributed by atoms with E-state index in [2.05, 4.69) is 31.1 Å². The molecule has 0 aliphatic heterocycles. The van der Waals surface area contributed by atoms with Crippen LogP contribution < -0.4 is 4.74 Å². The van der Waals surface area contributed by atoms with E-state index in [1.807, 2.05) is 30.3 Å². The van der Waals surface area contributed by atoms with Gasteiger partial charge in [-0.3, -0.25) is 0 Å². The van der Waals surface area contributed by atoms with Gasteiger partial charge in [0.15, 0.2) is 5.71 Å². The highest BCUT2D eigenvalue weighted by Crippen LogP contribution is 2.22. The number of ether oxygens (including phenoxy) is 1. The van der Waals surface area contributed by atoms with Gasteiger partial charge in [-0.25, -0.2) is 0 Å². The van der Waals surface area contributed by atoms with Crippen LogP contribution in [-0.4, -0.2) is 10.9 Å². The van der Waals surface area contributed by atoms with E-state index in [4.69, 9.17) is 15.2 Å². The van der Waals surface area contributed by atoms with Crippen LogP contribution in [0.1, 0.15) is 42.9 Å². The van der Waals surface area contributed by atoms with Crippen LogP contribution in [0.5, 0.6) is 5.75 Å². The summed E-state index contributed by atoms with van der Waals surface area (Å²) >= 11 is 0. The van der Waals surface area contributed by atoms with Crippen LogP contribution in [0.2, 0.25) is 0 Å². The van der Waals surface area contributed by atoms with Crippen molar-refractivity contribution in [3.8, 4) is 11.8 Å². The Balaban J connectivity index is 2.11. The molecule has 0 amide bonds. The second-order valence-corrected chi connectivity index (χ2v) is 5.38. The van der Waals surface area contributed by atoms with E-state index in [1.54, 1.807) is 12.1 Å². The van der Waals surface area contributed by atoms with E-state index < -0.39 is 0 Å². The van der Waals surface area contributed by atoms with E-state index in [0.29, 0.717) is 18.1 Å². The molecule has 4 nitrogen and oxygen atoms in total. The van der Waals surface area contributed by atoms with Crippen LogP contribution in [0.25, 0.3) is 0 Å². The van der Waals surface area contributed by atoms with Crippen molar-refractivity contribution in [2.24, 2.45) is 5.16 Å². The fourth-order valence-electron chi connectivity index (χ4n) is 2.30. The van der Waals surface area contributed by atoms with E-state index in [-0.39, 0.29) is 5.71 Å². The lowest BCUT2D eigenvalue weighted by molar-refractivity contribution is 0.305. The van der Waals surface area contributed by atoms with Crippen LogP contribution in [0.15, 0.2) is 53.7 Å². The van der Waals surface area contributed by atoms with Crippen LogP contribution in [-0.2, 0) is 6.61 Å². The highest BCUT2D eigenvalue weighted by atomic mass is 16.5. The summed E-state index contributed by atoms with van der Waals surface area (Å²) in [5.41, 5.74) is 2.65. The van der Waals surface area contributed by atoms with Crippen molar-refractivity contribution in [2.75, 3.05) is 0 Å². The van der Waals surface area contributed by atoms with Gasteiger partial charge in [-0.05, 0) is 35.6 Å². The Bertz CT molecular complexity index is 715. The molecular weight excluding hydrogens is 288 g/mol. The Hall–Kier alpha value is -2.80. The summed E-state index contributed by atoms with van der Waals surface area (Å²) in [5.74, 6) is 1.30. The highest BCUT2D eigenvalue weighted by molar-refractivity contribution is 6.12. The van der Waals surface area contributed by atoms with E-state index >= 15 is 0 Å². The number of oxime groups is 1. The first-order chi connectivity index (χ1) is 11.2. The normalized spacial score (nSPS) is 12.5. The maximum absolute atomic E-state index is 9.01. The third-order valence-electron chi connectivity index (χ3n) is 3.93. The Morgan fingerprint density at radius 2 is 1.91 bits per heavy atom. The zero-order valence-corrected chi connectivity index (χ0v) is 13.4. The van der Waals surface area contributed by atoms with Gasteiger partial charge in [0.05, 0.1) is 0 Å². The summed E-state index contributed by atoms with van der Waals surface area (Å²) in [4.78, 5) is 0. The van der Waals surface area contributed by atoms with Gasteiger partial charge in [0.1, 0.15) is 18.4 Å². The van der Waals surface area contributed by atoms with E-state index in [0.717, 1.165) is 17.7 Å². The van der Waals surface area contributed by atoms with Crippen LogP contribution in [0, 0.1) is 11.3 Å². The summed E-state index contributed by atoms with van der Waals surface area (Å²) in [5, 5.41) is 21.0. The molecule has 118 valence electrons. The van der Waals surface area contributed by atoms with E-state index in [1.165, 1.54) is 5.56 Å². The molecule has 1 atom stereocenters. The summed E-state index contributed by atoms with van der Waals surface area (Å²) in [6.07, 6.45) is 1.10. The molecule has 0 radical (unpaired) electrons. The molecule has 2 aromatic carbocycles. The average molecular weight is 308 g/mol. The smallest absolute Gasteiger partial charge is 0.187 e. The van der Waals surface area contributed by atoms with Gasteiger partial charge in [0.2, 0.25) is 0 Å². The van der Waals surface area contributed by atoms with Crippen molar-refractivity contribution in [1.29, 1.82) is 5.26 Å². The van der Waals surface area contributed by atoms with Crippen molar-refractivity contribution in [3.05, 3.63) is 65.2 Å². The van der Waals surface area contributed by atoms with Crippen molar-refractivity contribution in [1.82, 2.24) is 0 Å². The Morgan fingerprint density at radius 1 is 1.22 bits per heavy atom. The molecule has 0 aliphatic carbocycles. The molecule has 2 rings (SSSR count). The van der Waals surface area contributed by atoms with Crippen molar-refractivity contribution >= 4 is 5.71 Å². The van der Waals surface area contributed by atoms with Gasteiger partial charge >= 0.3 is 0 Å². The number of benzene rings is 2.